The van der Waals surface area contributed by atoms with Crippen LogP contribution in [-0.2, 0) is 28.8 Å². The van der Waals surface area contributed by atoms with Gasteiger partial charge in [-0.05, 0) is 81.2 Å². The molecule has 0 aromatic heterocycles. The summed E-state index contributed by atoms with van der Waals surface area (Å²) < 4.78 is 10.8. The first-order chi connectivity index (χ1) is 16.2. The standard InChI is InChI=1S/C27H35Cl2NO4/c1-4-33-26(32)10-9-21-13-25(24(29)14-23(21)28)34-17-22(31)16-30-27(2,3)15-18-11-19-7-5-6-8-20(19)12-18/h5-8,13-14,18,22,30-31H,4,9-12,15-17H2,1-3H3. The van der Waals surface area contributed by atoms with Gasteiger partial charge in [-0.25, -0.2) is 0 Å². The van der Waals surface area contributed by atoms with Gasteiger partial charge in [0.2, 0.25) is 0 Å². The van der Waals surface area contributed by atoms with E-state index in [4.69, 9.17) is 32.7 Å². The predicted octanol–water partition coefficient (Wildman–Crippen LogP) is 5.40. The normalized spacial score (nSPS) is 14.6. The Morgan fingerprint density at radius 3 is 2.50 bits per heavy atom. The van der Waals surface area contributed by atoms with Crippen LogP contribution in [0.4, 0.5) is 0 Å². The van der Waals surface area contributed by atoms with E-state index in [1.807, 2.05) is 0 Å². The fraction of sp³-hybridized carbons (Fsp3) is 0.519. The Labute approximate surface area is 212 Å². The van der Waals surface area contributed by atoms with Crippen molar-refractivity contribution in [3.63, 3.8) is 0 Å². The number of nitrogens with one attached hydrogen (secondary N) is 1. The second-order valence-electron chi connectivity index (χ2n) is 9.66. The molecule has 3 rings (SSSR count). The minimum Gasteiger partial charge on any atom is -0.489 e. The summed E-state index contributed by atoms with van der Waals surface area (Å²) in [6.07, 6.45) is 3.20. The zero-order valence-electron chi connectivity index (χ0n) is 20.2. The zero-order chi connectivity index (χ0) is 24.7. The molecule has 0 amide bonds. The molecule has 0 saturated carbocycles. The van der Waals surface area contributed by atoms with E-state index in [9.17, 15) is 9.90 Å². The zero-order valence-corrected chi connectivity index (χ0v) is 21.7. The summed E-state index contributed by atoms with van der Waals surface area (Å²) in [4.78, 5) is 11.7. The maximum Gasteiger partial charge on any atom is 0.306 e. The van der Waals surface area contributed by atoms with Gasteiger partial charge in [0, 0.05) is 23.5 Å². The highest BCUT2D eigenvalue weighted by Gasteiger charge is 2.28. The number of carbonyl (C=O) groups excluding carboxylic acids is 1. The first kappa shape index (κ1) is 26.8. The molecule has 0 spiro atoms. The van der Waals surface area contributed by atoms with Crippen molar-refractivity contribution in [1.82, 2.24) is 5.32 Å². The Balaban J connectivity index is 1.46. The fourth-order valence-corrected chi connectivity index (χ4v) is 5.10. The number of rotatable bonds is 12. The molecule has 34 heavy (non-hydrogen) atoms. The highest BCUT2D eigenvalue weighted by molar-refractivity contribution is 6.36. The second kappa shape index (κ2) is 12.3. The summed E-state index contributed by atoms with van der Waals surface area (Å²) in [6, 6.07) is 12.0. The van der Waals surface area contributed by atoms with Gasteiger partial charge >= 0.3 is 5.97 Å². The smallest absolute Gasteiger partial charge is 0.306 e. The van der Waals surface area contributed by atoms with Crippen LogP contribution in [0.5, 0.6) is 5.75 Å². The Morgan fingerprint density at radius 1 is 1.18 bits per heavy atom. The molecule has 0 aliphatic heterocycles. The lowest BCUT2D eigenvalue weighted by atomic mass is 9.88. The van der Waals surface area contributed by atoms with Crippen LogP contribution in [0.3, 0.4) is 0 Å². The van der Waals surface area contributed by atoms with E-state index >= 15 is 0 Å². The summed E-state index contributed by atoms with van der Waals surface area (Å²) in [7, 11) is 0. The molecule has 2 aromatic carbocycles. The highest BCUT2D eigenvalue weighted by atomic mass is 35.5. The fourth-order valence-electron chi connectivity index (χ4n) is 4.57. The molecule has 0 radical (unpaired) electrons. The molecule has 2 N–H and O–H groups in total. The number of aliphatic hydroxyl groups excluding tert-OH is 1. The van der Waals surface area contributed by atoms with Gasteiger partial charge in [0.1, 0.15) is 18.5 Å². The molecule has 0 heterocycles. The molecule has 1 unspecified atom stereocenters. The van der Waals surface area contributed by atoms with Crippen LogP contribution in [-0.4, -0.2) is 42.5 Å². The van der Waals surface area contributed by atoms with Gasteiger partial charge in [-0.1, -0.05) is 47.5 Å². The number of fused-ring (bicyclic) bond motifs is 1. The third kappa shape index (κ3) is 7.88. The van der Waals surface area contributed by atoms with Crippen molar-refractivity contribution in [2.45, 2.75) is 64.5 Å². The molecule has 0 bridgehead atoms. The van der Waals surface area contributed by atoms with Crippen molar-refractivity contribution in [1.29, 1.82) is 0 Å². The van der Waals surface area contributed by atoms with Gasteiger partial charge in [0.25, 0.3) is 0 Å². The quantitative estimate of drug-likeness (QED) is 0.376. The molecule has 1 atom stereocenters. The second-order valence-corrected chi connectivity index (χ2v) is 10.5. The minimum absolute atomic E-state index is 0.0939. The number of carbonyl (C=O) groups is 1. The molecule has 0 fully saturated rings. The maximum absolute atomic E-state index is 11.7. The summed E-state index contributed by atoms with van der Waals surface area (Å²) in [6.45, 7) is 6.97. The molecular weight excluding hydrogens is 473 g/mol. The first-order valence-electron chi connectivity index (χ1n) is 11.9. The monoisotopic (exact) mass is 507 g/mol. The molecular formula is C27H35Cl2NO4. The number of aliphatic hydroxyl groups is 1. The van der Waals surface area contributed by atoms with Gasteiger partial charge in [0.05, 0.1) is 11.6 Å². The largest absolute Gasteiger partial charge is 0.489 e. The summed E-state index contributed by atoms with van der Waals surface area (Å²) in [5.74, 6) is 0.766. The van der Waals surface area contributed by atoms with Crippen LogP contribution >= 0.6 is 23.2 Å². The lowest BCUT2D eigenvalue weighted by Gasteiger charge is -2.30. The third-order valence-electron chi connectivity index (χ3n) is 6.19. The number of halogens is 2. The van der Waals surface area contributed by atoms with Crippen molar-refractivity contribution in [3.05, 3.63) is 63.1 Å². The van der Waals surface area contributed by atoms with E-state index in [-0.39, 0.29) is 24.5 Å². The topological polar surface area (TPSA) is 67.8 Å². The van der Waals surface area contributed by atoms with Crippen molar-refractivity contribution in [2.75, 3.05) is 19.8 Å². The maximum atomic E-state index is 11.7. The highest BCUT2D eigenvalue weighted by Crippen LogP contribution is 2.33. The van der Waals surface area contributed by atoms with E-state index in [0.717, 1.165) is 24.8 Å². The molecule has 5 nitrogen and oxygen atoms in total. The van der Waals surface area contributed by atoms with Crippen LogP contribution in [0.1, 0.15) is 50.3 Å². The van der Waals surface area contributed by atoms with Crippen molar-refractivity contribution in [3.8, 4) is 5.75 Å². The van der Waals surface area contributed by atoms with E-state index in [1.54, 1.807) is 19.1 Å². The average molecular weight is 508 g/mol. The average Bonchev–Trinajstić information content (AvgIpc) is 3.18. The van der Waals surface area contributed by atoms with E-state index in [2.05, 4.69) is 43.4 Å². The number of benzene rings is 2. The molecule has 186 valence electrons. The summed E-state index contributed by atoms with van der Waals surface area (Å²) in [5.41, 5.74) is 3.56. The van der Waals surface area contributed by atoms with Crippen LogP contribution in [0.25, 0.3) is 0 Å². The molecule has 1 aliphatic rings. The van der Waals surface area contributed by atoms with Crippen molar-refractivity contribution < 1.29 is 19.4 Å². The lowest BCUT2D eigenvalue weighted by Crippen LogP contribution is -2.46. The van der Waals surface area contributed by atoms with Crippen molar-refractivity contribution >= 4 is 29.2 Å². The van der Waals surface area contributed by atoms with E-state index in [0.29, 0.717) is 41.3 Å². The molecule has 7 heteroatoms. The number of hydrogen-bond donors (Lipinski definition) is 2. The number of β-amino-alcohol motifs (C(OH)–C–C–N with tert-alkyl or cyclic N) is 1. The Kier molecular flexibility index (Phi) is 9.66. The van der Waals surface area contributed by atoms with Crippen LogP contribution in [0.15, 0.2) is 36.4 Å². The lowest BCUT2D eigenvalue weighted by molar-refractivity contribution is -0.143. The SMILES string of the molecule is CCOC(=O)CCc1cc(OCC(O)CNC(C)(C)CC2Cc3ccccc3C2)c(Cl)cc1Cl. The number of esters is 1. The predicted molar refractivity (Wildman–Crippen MR) is 137 cm³/mol. The van der Waals surface area contributed by atoms with E-state index < -0.39 is 6.10 Å². The summed E-state index contributed by atoms with van der Waals surface area (Å²) >= 11 is 12.6. The minimum atomic E-state index is -0.699. The van der Waals surface area contributed by atoms with Gasteiger partial charge in [0.15, 0.2) is 0 Å². The molecule has 2 aromatic rings. The third-order valence-corrected chi connectivity index (χ3v) is 6.83. The van der Waals surface area contributed by atoms with Gasteiger partial charge in [-0.15, -0.1) is 0 Å². The van der Waals surface area contributed by atoms with Crippen LogP contribution < -0.4 is 10.1 Å². The number of ether oxygens (including phenoxy) is 2. The molecule has 0 saturated heterocycles. The van der Waals surface area contributed by atoms with Gasteiger partial charge in [-0.2, -0.15) is 0 Å². The number of aryl methyl sites for hydroxylation is 1. The Morgan fingerprint density at radius 2 is 1.85 bits per heavy atom. The van der Waals surface area contributed by atoms with E-state index in [1.165, 1.54) is 11.1 Å². The van der Waals surface area contributed by atoms with Crippen molar-refractivity contribution in [2.24, 2.45) is 5.92 Å². The van der Waals surface area contributed by atoms with Gasteiger partial charge < -0.3 is 19.9 Å². The Bertz CT molecular complexity index is 954. The Hall–Kier alpha value is -1.79. The molecule has 1 aliphatic carbocycles. The van der Waals surface area contributed by atoms with Gasteiger partial charge in [-0.3, -0.25) is 4.79 Å². The summed E-state index contributed by atoms with van der Waals surface area (Å²) in [5, 5.41) is 14.8. The first-order valence-corrected chi connectivity index (χ1v) is 12.7. The number of hydrogen-bond acceptors (Lipinski definition) is 5. The van der Waals surface area contributed by atoms with Crippen LogP contribution in [0, 0.1) is 5.92 Å². The van der Waals surface area contributed by atoms with Crippen LogP contribution in [0.2, 0.25) is 10.0 Å².